The second-order valence-electron chi connectivity index (χ2n) is 6.93. The van der Waals surface area contributed by atoms with Crippen molar-refractivity contribution in [3.05, 3.63) is 65.2 Å². The number of methoxy groups -OCH3 is 1. The lowest BCUT2D eigenvalue weighted by molar-refractivity contribution is -0.126. The first-order chi connectivity index (χ1) is 14.5. The number of piperidine rings is 1. The number of hydrogen-bond donors (Lipinski definition) is 2. The van der Waals surface area contributed by atoms with Gasteiger partial charge in [-0.15, -0.1) is 0 Å². The zero-order chi connectivity index (χ0) is 21.5. The van der Waals surface area contributed by atoms with E-state index in [9.17, 15) is 19.5 Å². The van der Waals surface area contributed by atoms with Crippen LogP contribution >= 0.6 is 0 Å². The van der Waals surface area contributed by atoms with E-state index in [-0.39, 0.29) is 23.3 Å². The van der Waals surface area contributed by atoms with E-state index in [1.807, 2.05) is 0 Å². The second-order valence-corrected chi connectivity index (χ2v) is 6.93. The number of carbonyl (C=O) groups is 3. The molecule has 0 saturated carbocycles. The lowest BCUT2D eigenvalue weighted by Gasteiger charge is -2.31. The van der Waals surface area contributed by atoms with Gasteiger partial charge in [-0.2, -0.15) is 5.10 Å². The third kappa shape index (κ3) is 5.02. The predicted octanol–water partition coefficient (Wildman–Crippen LogP) is 2.40. The zero-order valence-electron chi connectivity index (χ0n) is 16.6. The summed E-state index contributed by atoms with van der Waals surface area (Å²) in [5.74, 6) is -1.02. The molecule has 1 aliphatic heterocycles. The fourth-order valence-corrected chi connectivity index (χ4v) is 3.34. The Morgan fingerprint density at radius 2 is 1.87 bits per heavy atom. The third-order valence-corrected chi connectivity index (χ3v) is 5.04. The van der Waals surface area contributed by atoms with Gasteiger partial charge in [0.2, 0.25) is 5.91 Å². The van der Waals surface area contributed by atoms with Crippen LogP contribution in [0.3, 0.4) is 0 Å². The van der Waals surface area contributed by atoms with Crippen LogP contribution in [-0.2, 0) is 4.79 Å². The highest BCUT2D eigenvalue weighted by atomic mass is 16.5. The predicted molar refractivity (Wildman–Crippen MR) is 111 cm³/mol. The number of hydrogen-bond acceptors (Lipinski definition) is 5. The zero-order valence-corrected chi connectivity index (χ0v) is 16.6. The number of nitrogens with zero attached hydrogens (tertiary/aromatic N) is 2. The number of hydrazone groups is 1. The molecule has 2 aromatic carbocycles. The number of carboxylic acid groups (broad SMARTS) is 1. The quantitative estimate of drug-likeness (QED) is 0.563. The fraction of sp³-hybridized carbons (Fsp3) is 0.273. The van der Waals surface area contributed by atoms with E-state index in [1.54, 1.807) is 54.5 Å². The summed E-state index contributed by atoms with van der Waals surface area (Å²) >= 11 is 0. The van der Waals surface area contributed by atoms with E-state index >= 15 is 0 Å². The first kappa shape index (κ1) is 21.0. The second kappa shape index (κ2) is 9.69. The molecule has 0 unspecified atom stereocenters. The standard InChI is InChI=1S/C22H23N3O5/c1-30-18-7-4-6-16(13-18)21(27)25-11-9-15(10-12-25)20(26)24-23-14-17-5-2-3-8-19(17)22(28)29/h2-8,13-15H,9-12H2,1H3,(H,24,26)(H,28,29). The topological polar surface area (TPSA) is 108 Å². The van der Waals surface area contributed by atoms with Crippen LogP contribution in [0.25, 0.3) is 0 Å². The molecule has 1 fully saturated rings. The summed E-state index contributed by atoms with van der Waals surface area (Å²) in [4.78, 5) is 38.0. The Hall–Kier alpha value is -3.68. The molecule has 2 amide bonds. The maximum atomic E-state index is 12.7. The normalized spacial score (nSPS) is 14.5. The third-order valence-electron chi connectivity index (χ3n) is 5.04. The molecule has 8 nitrogen and oxygen atoms in total. The van der Waals surface area contributed by atoms with Crippen LogP contribution in [0.5, 0.6) is 5.75 Å². The Morgan fingerprint density at radius 3 is 2.57 bits per heavy atom. The first-order valence-electron chi connectivity index (χ1n) is 9.58. The maximum Gasteiger partial charge on any atom is 0.336 e. The molecule has 30 heavy (non-hydrogen) atoms. The minimum atomic E-state index is -1.06. The molecule has 0 aromatic heterocycles. The minimum absolute atomic E-state index is 0.0870. The smallest absolute Gasteiger partial charge is 0.336 e. The van der Waals surface area contributed by atoms with Crippen molar-refractivity contribution >= 4 is 24.0 Å². The number of nitrogens with one attached hydrogen (secondary N) is 1. The molecule has 2 aromatic rings. The molecule has 2 N–H and O–H groups in total. The van der Waals surface area contributed by atoms with Crippen LogP contribution in [0.1, 0.15) is 39.1 Å². The highest BCUT2D eigenvalue weighted by Gasteiger charge is 2.27. The molecule has 0 bridgehead atoms. The van der Waals surface area contributed by atoms with Crippen molar-refractivity contribution in [3.8, 4) is 5.75 Å². The Bertz CT molecular complexity index is 965. The summed E-state index contributed by atoms with van der Waals surface area (Å²) in [6.45, 7) is 0.944. The van der Waals surface area contributed by atoms with Gasteiger partial charge in [-0.25, -0.2) is 10.2 Å². The van der Waals surface area contributed by atoms with E-state index in [0.717, 1.165) is 0 Å². The Kier molecular flexibility index (Phi) is 6.79. The molecule has 0 aliphatic carbocycles. The van der Waals surface area contributed by atoms with Crippen LogP contribution < -0.4 is 10.2 Å². The summed E-state index contributed by atoms with van der Waals surface area (Å²) in [7, 11) is 1.55. The van der Waals surface area contributed by atoms with E-state index < -0.39 is 5.97 Å². The highest BCUT2D eigenvalue weighted by molar-refractivity contribution is 5.98. The van der Waals surface area contributed by atoms with Gasteiger partial charge < -0.3 is 14.7 Å². The van der Waals surface area contributed by atoms with Crippen molar-refractivity contribution in [3.63, 3.8) is 0 Å². The van der Waals surface area contributed by atoms with E-state index in [2.05, 4.69) is 10.5 Å². The summed E-state index contributed by atoms with van der Waals surface area (Å²) in [5, 5.41) is 13.1. The monoisotopic (exact) mass is 409 g/mol. The van der Waals surface area contributed by atoms with Crippen molar-refractivity contribution in [2.75, 3.05) is 20.2 Å². The molecule has 1 saturated heterocycles. The largest absolute Gasteiger partial charge is 0.497 e. The molecule has 0 spiro atoms. The Balaban J connectivity index is 1.53. The molecule has 1 heterocycles. The van der Waals surface area contributed by atoms with Gasteiger partial charge >= 0.3 is 5.97 Å². The summed E-state index contributed by atoms with van der Waals surface area (Å²) < 4.78 is 5.16. The van der Waals surface area contributed by atoms with Crippen LogP contribution in [0, 0.1) is 5.92 Å². The summed E-state index contributed by atoms with van der Waals surface area (Å²) in [5.41, 5.74) is 3.55. The lowest BCUT2D eigenvalue weighted by atomic mass is 9.95. The van der Waals surface area contributed by atoms with Gasteiger partial charge in [0.1, 0.15) is 5.75 Å². The van der Waals surface area contributed by atoms with Gasteiger partial charge in [0.05, 0.1) is 18.9 Å². The summed E-state index contributed by atoms with van der Waals surface area (Å²) in [6.07, 6.45) is 2.38. The molecule has 0 atom stereocenters. The van der Waals surface area contributed by atoms with Crippen LogP contribution in [-0.4, -0.2) is 54.2 Å². The van der Waals surface area contributed by atoms with Crippen molar-refractivity contribution in [2.24, 2.45) is 11.0 Å². The number of rotatable bonds is 6. The molecular formula is C22H23N3O5. The van der Waals surface area contributed by atoms with Gasteiger partial charge in [-0.3, -0.25) is 9.59 Å². The highest BCUT2D eigenvalue weighted by Crippen LogP contribution is 2.21. The summed E-state index contributed by atoms with van der Waals surface area (Å²) in [6, 6.07) is 13.4. The molecule has 0 radical (unpaired) electrons. The van der Waals surface area contributed by atoms with Crippen molar-refractivity contribution in [2.45, 2.75) is 12.8 Å². The Labute approximate surface area is 174 Å². The molecule has 1 aliphatic rings. The maximum absolute atomic E-state index is 12.7. The number of carboxylic acids is 1. The van der Waals surface area contributed by atoms with Gasteiger partial charge in [0.25, 0.3) is 5.91 Å². The van der Waals surface area contributed by atoms with Gasteiger partial charge in [-0.05, 0) is 37.1 Å². The number of benzene rings is 2. The van der Waals surface area contributed by atoms with Crippen molar-refractivity contribution in [1.29, 1.82) is 0 Å². The minimum Gasteiger partial charge on any atom is -0.497 e. The van der Waals surface area contributed by atoms with E-state index in [0.29, 0.717) is 42.8 Å². The van der Waals surface area contributed by atoms with Crippen molar-refractivity contribution < 1.29 is 24.2 Å². The number of likely N-dealkylation sites (tertiary alicyclic amines) is 1. The average molecular weight is 409 g/mol. The number of amides is 2. The van der Waals surface area contributed by atoms with Crippen LogP contribution in [0.2, 0.25) is 0 Å². The first-order valence-corrected chi connectivity index (χ1v) is 9.58. The fourth-order valence-electron chi connectivity index (χ4n) is 3.34. The molecule has 156 valence electrons. The Morgan fingerprint density at radius 1 is 1.13 bits per heavy atom. The van der Waals surface area contributed by atoms with E-state index in [4.69, 9.17) is 4.74 Å². The number of ether oxygens (including phenoxy) is 1. The van der Waals surface area contributed by atoms with Gasteiger partial charge in [-0.1, -0.05) is 24.3 Å². The van der Waals surface area contributed by atoms with Crippen molar-refractivity contribution in [1.82, 2.24) is 10.3 Å². The van der Waals surface area contributed by atoms with Crippen LogP contribution in [0.15, 0.2) is 53.6 Å². The molecule has 3 rings (SSSR count). The number of aromatic carboxylic acids is 1. The van der Waals surface area contributed by atoms with E-state index in [1.165, 1.54) is 12.3 Å². The lowest BCUT2D eigenvalue weighted by Crippen LogP contribution is -2.42. The van der Waals surface area contributed by atoms with Crippen LogP contribution in [0.4, 0.5) is 0 Å². The average Bonchev–Trinajstić information content (AvgIpc) is 2.78. The van der Waals surface area contributed by atoms with Gasteiger partial charge in [0.15, 0.2) is 0 Å². The molecule has 8 heteroatoms. The van der Waals surface area contributed by atoms with Gasteiger partial charge in [0, 0.05) is 30.1 Å². The molecular weight excluding hydrogens is 386 g/mol. The number of carbonyl (C=O) groups excluding carboxylic acids is 2. The SMILES string of the molecule is COc1cccc(C(=O)N2CCC(C(=O)NN=Cc3ccccc3C(=O)O)CC2)c1.